The van der Waals surface area contributed by atoms with Crippen molar-refractivity contribution in [3.05, 3.63) is 99.6 Å². The maximum Gasteiger partial charge on any atom is 0.269 e. The van der Waals surface area contributed by atoms with Crippen molar-refractivity contribution < 1.29 is 22.9 Å². The van der Waals surface area contributed by atoms with E-state index in [0.717, 1.165) is 4.31 Å². The Morgan fingerprint density at radius 2 is 1.56 bits per heavy atom. The van der Waals surface area contributed by atoms with E-state index in [1.165, 1.54) is 41.3 Å². The molecule has 0 saturated heterocycles. The third-order valence-corrected chi connectivity index (χ3v) is 8.15. The molecule has 0 aliphatic carbocycles. The fourth-order valence-electron chi connectivity index (χ4n) is 4.15. The first-order valence-corrected chi connectivity index (χ1v) is 14.7. The van der Waals surface area contributed by atoms with Crippen molar-refractivity contribution in [1.29, 1.82) is 0 Å². The van der Waals surface area contributed by atoms with Crippen LogP contribution in [-0.2, 0) is 26.2 Å². The van der Waals surface area contributed by atoms with Gasteiger partial charge < -0.3 is 10.2 Å². The number of carbonyl (C=O) groups is 2. The summed E-state index contributed by atoms with van der Waals surface area (Å²) in [4.78, 5) is 39.3. The van der Waals surface area contributed by atoms with Crippen LogP contribution in [0.4, 0.5) is 11.4 Å². The molecule has 10 nitrogen and oxygen atoms in total. The first-order chi connectivity index (χ1) is 19.2. The Kier molecular flexibility index (Phi) is 10.1. The summed E-state index contributed by atoms with van der Waals surface area (Å²) in [7, 11) is -4.28. The van der Waals surface area contributed by atoms with Crippen molar-refractivity contribution in [3.8, 4) is 0 Å². The van der Waals surface area contributed by atoms with E-state index in [-0.39, 0.29) is 35.1 Å². The molecule has 0 aliphatic rings. The minimum atomic E-state index is -4.28. The van der Waals surface area contributed by atoms with E-state index < -0.39 is 39.0 Å². The van der Waals surface area contributed by atoms with E-state index in [1.54, 1.807) is 49.4 Å². The number of rotatable bonds is 11. The second-order valence-electron chi connectivity index (χ2n) is 10.4. The van der Waals surface area contributed by atoms with Crippen molar-refractivity contribution in [2.75, 3.05) is 10.8 Å². The molecule has 1 N–H and O–H groups in total. The second kappa shape index (κ2) is 13.1. The highest BCUT2D eigenvalue weighted by molar-refractivity contribution is 7.92. The number of hydrogen-bond acceptors (Lipinski definition) is 6. The summed E-state index contributed by atoms with van der Waals surface area (Å²) in [6, 6.07) is 18.3. The van der Waals surface area contributed by atoms with Crippen LogP contribution in [0.15, 0.2) is 83.8 Å². The molecule has 3 aromatic rings. The largest absolute Gasteiger partial charge is 0.350 e. The molecule has 0 aromatic heterocycles. The monoisotopic (exact) mass is 600 g/mol. The predicted octanol–water partition coefficient (Wildman–Crippen LogP) is 5.17. The van der Waals surface area contributed by atoms with Crippen molar-refractivity contribution >= 4 is 44.8 Å². The van der Waals surface area contributed by atoms with Gasteiger partial charge in [-0.2, -0.15) is 0 Å². The fourth-order valence-corrected chi connectivity index (χ4v) is 5.71. The molecule has 218 valence electrons. The standard InChI is InChI=1S/C29H33ClN4O6S/c1-5-26(28(36)31-29(2,3)4)32(19-21-11-13-22(30)14-12-21)27(35)20-33(23-15-17-24(18-16-23)34(37)38)41(39,40)25-9-7-6-8-10-25/h6-18,26H,5,19-20H2,1-4H3,(H,31,36). The van der Waals surface area contributed by atoms with E-state index in [4.69, 9.17) is 11.6 Å². The first-order valence-electron chi connectivity index (χ1n) is 12.9. The highest BCUT2D eigenvalue weighted by Crippen LogP contribution is 2.27. The van der Waals surface area contributed by atoms with E-state index in [9.17, 15) is 28.1 Å². The van der Waals surface area contributed by atoms with Gasteiger partial charge in [0.1, 0.15) is 12.6 Å². The van der Waals surface area contributed by atoms with E-state index >= 15 is 0 Å². The van der Waals surface area contributed by atoms with Crippen LogP contribution in [0.5, 0.6) is 0 Å². The minimum Gasteiger partial charge on any atom is -0.350 e. The predicted molar refractivity (Wildman–Crippen MR) is 158 cm³/mol. The van der Waals surface area contributed by atoms with E-state index in [1.807, 2.05) is 20.8 Å². The molecule has 0 fully saturated rings. The molecule has 0 bridgehead atoms. The third-order valence-electron chi connectivity index (χ3n) is 6.11. The Labute approximate surface area is 245 Å². The normalized spacial score (nSPS) is 12.3. The minimum absolute atomic E-state index is 0.0194. The van der Waals surface area contributed by atoms with Gasteiger partial charge in [-0.25, -0.2) is 8.42 Å². The number of halogens is 1. The van der Waals surface area contributed by atoms with Crippen LogP contribution in [0, 0.1) is 10.1 Å². The topological polar surface area (TPSA) is 130 Å². The second-order valence-corrected chi connectivity index (χ2v) is 12.7. The maximum atomic E-state index is 14.0. The Hall–Kier alpha value is -3.96. The molecule has 0 aliphatic heterocycles. The molecule has 0 heterocycles. The van der Waals surface area contributed by atoms with Crippen LogP contribution in [0.1, 0.15) is 39.7 Å². The number of amides is 2. The molecular formula is C29H33ClN4O6S. The van der Waals surface area contributed by atoms with Crippen LogP contribution in [0.2, 0.25) is 5.02 Å². The average molecular weight is 601 g/mol. The van der Waals surface area contributed by atoms with Crippen molar-refractivity contribution in [1.82, 2.24) is 10.2 Å². The zero-order valence-corrected chi connectivity index (χ0v) is 24.9. The van der Waals surface area contributed by atoms with Gasteiger partial charge >= 0.3 is 0 Å². The highest BCUT2D eigenvalue weighted by Gasteiger charge is 2.34. The highest BCUT2D eigenvalue weighted by atomic mass is 35.5. The first kappa shape index (κ1) is 31.6. The smallest absolute Gasteiger partial charge is 0.269 e. The number of sulfonamides is 1. The summed E-state index contributed by atoms with van der Waals surface area (Å²) in [5, 5.41) is 14.6. The molecule has 12 heteroatoms. The molecule has 3 rings (SSSR count). The van der Waals surface area contributed by atoms with Gasteiger partial charge in [-0.1, -0.05) is 48.9 Å². The number of nitro benzene ring substituents is 1. The fraction of sp³-hybridized carbons (Fsp3) is 0.310. The lowest BCUT2D eigenvalue weighted by Crippen LogP contribution is -2.55. The number of nitro groups is 1. The molecule has 0 saturated carbocycles. The summed E-state index contributed by atoms with van der Waals surface area (Å²) in [5.41, 5.74) is -0.0450. The molecule has 1 unspecified atom stereocenters. The number of anilines is 1. The summed E-state index contributed by atoms with van der Waals surface area (Å²) in [5.74, 6) is -1.01. The number of benzene rings is 3. The lowest BCUT2D eigenvalue weighted by Gasteiger charge is -2.34. The number of nitrogens with one attached hydrogen (secondary N) is 1. The van der Waals surface area contributed by atoms with Gasteiger partial charge in [-0.05, 0) is 69.2 Å². The molecule has 41 heavy (non-hydrogen) atoms. The lowest BCUT2D eigenvalue weighted by atomic mass is 10.1. The summed E-state index contributed by atoms with van der Waals surface area (Å²) in [6.45, 7) is 6.61. The van der Waals surface area contributed by atoms with Crippen LogP contribution >= 0.6 is 11.6 Å². The molecule has 0 radical (unpaired) electrons. The van der Waals surface area contributed by atoms with Gasteiger partial charge in [0.15, 0.2) is 0 Å². The van der Waals surface area contributed by atoms with Gasteiger partial charge in [0.25, 0.3) is 15.7 Å². The Bertz CT molecular complexity index is 1470. The quantitative estimate of drug-likeness (QED) is 0.239. The summed E-state index contributed by atoms with van der Waals surface area (Å²) < 4.78 is 28.5. The average Bonchev–Trinajstić information content (AvgIpc) is 2.92. The molecule has 2 amide bonds. The van der Waals surface area contributed by atoms with Crippen molar-refractivity contribution in [2.45, 2.75) is 57.1 Å². The SMILES string of the molecule is CCC(C(=O)NC(C)(C)C)N(Cc1ccc(Cl)cc1)C(=O)CN(c1ccc([N+](=O)[O-])cc1)S(=O)(=O)c1ccccc1. The third kappa shape index (κ3) is 8.27. The van der Waals surface area contributed by atoms with E-state index in [0.29, 0.717) is 10.6 Å². The number of hydrogen-bond donors (Lipinski definition) is 1. The number of non-ortho nitro benzene ring substituents is 1. The lowest BCUT2D eigenvalue weighted by molar-refractivity contribution is -0.384. The van der Waals surface area contributed by atoms with Crippen molar-refractivity contribution in [2.24, 2.45) is 0 Å². The zero-order valence-electron chi connectivity index (χ0n) is 23.3. The molecule has 0 spiro atoms. The van der Waals surface area contributed by atoms with Gasteiger partial charge in [0.2, 0.25) is 11.8 Å². The number of carbonyl (C=O) groups excluding carboxylic acids is 2. The van der Waals surface area contributed by atoms with Gasteiger partial charge in [0, 0.05) is 29.2 Å². The van der Waals surface area contributed by atoms with Gasteiger partial charge in [0.05, 0.1) is 15.5 Å². The van der Waals surface area contributed by atoms with Crippen LogP contribution in [0.3, 0.4) is 0 Å². The Morgan fingerprint density at radius 3 is 2.07 bits per heavy atom. The Balaban J connectivity index is 2.07. The number of nitrogens with zero attached hydrogens (tertiary/aromatic N) is 3. The van der Waals surface area contributed by atoms with Crippen LogP contribution in [-0.4, -0.2) is 48.2 Å². The molecular weight excluding hydrogens is 568 g/mol. The van der Waals surface area contributed by atoms with Crippen molar-refractivity contribution in [3.63, 3.8) is 0 Å². The zero-order chi connectivity index (χ0) is 30.4. The van der Waals surface area contributed by atoms with Crippen LogP contribution < -0.4 is 9.62 Å². The van der Waals surface area contributed by atoms with E-state index in [2.05, 4.69) is 5.32 Å². The van der Waals surface area contributed by atoms with Gasteiger partial charge in [-0.3, -0.25) is 24.0 Å². The molecule has 3 aromatic carbocycles. The van der Waals surface area contributed by atoms with Gasteiger partial charge in [-0.15, -0.1) is 0 Å². The van der Waals surface area contributed by atoms with Crippen LogP contribution in [0.25, 0.3) is 0 Å². The Morgan fingerprint density at radius 1 is 0.976 bits per heavy atom. The summed E-state index contributed by atoms with van der Waals surface area (Å²) in [6.07, 6.45) is 0.268. The molecule has 1 atom stereocenters. The maximum absolute atomic E-state index is 14.0. The summed E-state index contributed by atoms with van der Waals surface area (Å²) >= 11 is 6.04.